The Hall–Kier alpha value is -2.49. The first-order valence-corrected chi connectivity index (χ1v) is 9.94. The van der Waals surface area contributed by atoms with Gasteiger partial charge in [-0.1, -0.05) is 12.1 Å². The number of anilines is 1. The van der Waals surface area contributed by atoms with E-state index < -0.39 is 0 Å². The van der Waals surface area contributed by atoms with Crippen LogP contribution in [0.15, 0.2) is 53.5 Å². The minimum absolute atomic E-state index is 0. The second-order valence-corrected chi connectivity index (χ2v) is 7.15. The van der Waals surface area contributed by atoms with Crippen molar-refractivity contribution >= 4 is 46.7 Å². The van der Waals surface area contributed by atoms with Crippen LogP contribution in [0.1, 0.15) is 5.82 Å². The molecule has 1 N–H and O–H groups in total. The van der Waals surface area contributed by atoms with E-state index in [1.807, 2.05) is 37.4 Å². The predicted molar refractivity (Wildman–Crippen MR) is 133 cm³/mol. The van der Waals surface area contributed by atoms with E-state index in [9.17, 15) is 0 Å². The zero-order valence-corrected chi connectivity index (χ0v) is 20.0. The minimum atomic E-state index is 0. The molecule has 0 unspecified atom stereocenters. The number of aryl methyl sites for hydroxylation is 1. The summed E-state index contributed by atoms with van der Waals surface area (Å²) in [6, 6.07) is 16.5. The minimum Gasteiger partial charge on any atom is -0.497 e. The molecular weight excluding hydrogens is 491 g/mol. The van der Waals surface area contributed by atoms with Crippen LogP contribution in [0.4, 0.5) is 5.69 Å². The molecule has 2 heterocycles. The van der Waals surface area contributed by atoms with Gasteiger partial charge in [0.05, 0.1) is 24.7 Å². The van der Waals surface area contributed by atoms with Crippen molar-refractivity contribution in [3.63, 3.8) is 0 Å². The average molecular weight is 520 g/mol. The van der Waals surface area contributed by atoms with Gasteiger partial charge in [-0.25, -0.2) is 4.98 Å². The number of fused-ring (bicyclic) bond motifs is 1. The van der Waals surface area contributed by atoms with Crippen LogP contribution in [0.25, 0.3) is 11.0 Å². The highest BCUT2D eigenvalue weighted by atomic mass is 127. The fourth-order valence-electron chi connectivity index (χ4n) is 3.81. The lowest BCUT2D eigenvalue weighted by Gasteiger charge is -2.37. The van der Waals surface area contributed by atoms with E-state index in [1.54, 1.807) is 7.11 Å². The molecule has 1 aliphatic heterocycles. The third kappa shape index (κ3) is 4.63. The molecule has 2 aromatic carbocycles. The maximum Gasteiger partial charge on any atom is 0.194 e. The van der Waals surface area contributed by atoms with Gasteiger partial charge >= 0.3 is 0 Å². The second-order valence-electron chi connectivity index (χ2n) is 7.15. The van der Waals surface area contributed by atoms with Crippen LogP contribution >= 0.6 is 24.0 Å². The Morgan fingerprint density at radius 1 is 1.07 bits per heavy atom. The van der Waals surface area contributed by atoms with E-state index >= 15 is 0 Å². The fourth-order valence-corrected chi connectivity index (χ4v) is 3.81. The van der Waals surface area contributed by atoms with Crippen LogP contribution in [0.3, 0.4) is 0 Å². The fraction of sp³-hybridized carbons (Fsp3) is 0.364. The van der Waals surface area contributed by atoms with Gasteiger partial charge in [0.2, 0.25) is 0 Å². The predicted octanol–water partition coefficient (Wildman–Crippen LogP) is 3.10. The standard InChI is InChI=1S/C22H28N6O.HI/c1-23-22(24-16-21-25-19-6-4-5-7-20(19)26(21)2)28-14-12-27(13-15-28)17-8-10-18(29-3)11-9-17;/h4-11H,12-16H2,1-3H3,(H,23,24);1H. The molecule has 30 heavy (non-hydrogen) atoms. The summed E-state index contributed by atoms with van der Waals surface area (Å²) < 4.78 is 7.39. The Morgan fingerprint density at radius 2 is 1.77 bits per heavy atom. The number of nitrogens with one attached hydrogen (secondary N) is 1. The van der Waals surface area contributed by atoms with E-state index in [4.69, 9.17) is 9.72 Å². The maximum atomic E-state index is 5.25. The van der Waals surface area contributed by atoms with Gasteiger partial charge in [0.25, 0.3) is 0 Å². The first kappa shape index (κ1) is 22.2. The van der Waals surface area contributed by atoms with Crippen molar-refractivity contribution in [1.29, 1.82) is 0 Å². The largest absolute Gasteiger partial charge is 0.497 e. The molecule has 1 aromatic heterocycles. The number of aliphatic imine (C=N–C) groups is 1. The summed E-state index contributed by atoms with van der Waals surface area (Å²) in [5.41, 5.74) is 3.40. The Kier molecular flexibility index (Phi) is 7.41. The van der Waals surface area contributed by atoms with E-state index in [-0.39, 0.29) is 24.0 Å². The van der Waals surface area contributed by atoms with Crippen molar-refractivity contribution < 1.29 is 4.74 Å². The molecule has 1 aliphatic rings. The lowest BCUT2D eigenvalue weighted by molar-refractivity contribution is 0.371. The van der Waals surface area contributed by atoms with Crippen molar-refractivity contribution in [3.05, 3.63) is 54.4 Å². The number of para-hydroxylation sites is 2. The first-order valence-electron chi connectivity index (χ1n) is 9.94. The van der Waals surface area contributed by atoms with E-state index in [0.717, 1.165) is 54.7 Å². The first-order chi connectivity index (χ1) is 14.2. The molecule has 0 bridgehead atoms. The maximum absolute atomic E-state index is 5.25. The van der Waals surface area contributed by atoms with Crippen LogP contribution in [-0.2, 0) is 13.6 Å². The number of halogens is 1. The summed E-state index contributed by atoms with van der Waals surface area (Å²) in [5.74, 6) is 2.81. The Labute approximate surface area is 194 Å². The summed E-state index contributed by atoms with van der Waals surface area (Å²) >= 11 is 0. The normalized spacial score (nSPS) is 14.6. The van der Waals surface area contributed by atoms with Gasteiger partial charge in [-0.05, 0) is 36.4 Å². The molecule has 0 aliphatic carbocycles. The number of nitrogens with zero attached hydrogens (tertiary/aromatic N) is 5. The molecule has 0 amide bonds. The lowest BCUT2D eigenvalue weighted by Crippen LogP contribution is -2.52. The molecule has 8 heteroatoms. The number of piperazine rings is 1. The highest BCUT2D eigenvalue weighted by molar-refractivity contribution is 14.0. The van der Waals surface area contributed by atoms with Crippen molar-refractivity contribution in [3.8, 4) is 5.75 Å². The summed E-state index contributed by atoms with van der Waals surface area (Å²) in [7, 11) is 5.59. The van der Waals surface area contributed by atoms with Crippen LogP contribution in [0, 0.1) is 0 Å². The molecule has 1 fully saturated rings. The van der Waals surface area contributed by atoms with Crippen LogP contribution < -0.4 is 15.0 Å². The number of aromatic nitrogens is 2. The third-order valence-corrected chi connectivity index (χ3v) is 5.51. The van der Waals surface area contributed by atoms with Crippen LogP contribution in [0.2, 0.25) is 0 Å². The molecular formula is C22H29IN6O. The van der Waals surface area contributed by atoms with Crippen LogP contribution in [0.5, 0.6) is 5.75 Å². The van der Waals surface area contributed by atoms with Gasteiger partial charge in [0, 0.05) is 46.0 Å². The number of imidazole rings is 1. The summed E-state index contributed by atoms with van der Waals surface area (Å²) in [6.45, 7) is 4.41. The lowest BCUT2D eigenvalue weighted by atomic mass is 10.2. The molecule has 1 saturated heterocycles. The number of ether oxygens (including phenoxy) is 1. The van der Waals surface area contributed by atoms with Crippen molar-refractivity contribution in [2.24, 2.45) is 12.0 Å². The number of benzene rings is 2. The number of rotatable bonds is 4. The van der Waals surface area contributed by atoms with Gasteiger partial charge in [-0.2, -0.15) is 0 Å². The van der Waals surface area contributed by atoms with Gasteiger partial charge in [-0.15, -0.1) is 24.0 Å². The van der Waals surface area contributed by atoms with E-state index in [2.05, 4.69) is 49.9 Å². The van der Waals surface area contributed by atoms with Gasteiger partial charge in [0.1, 0.15) is 11.6 Å². The molecule has 3 aromatic rings. The summed E-state index contributed by atoms with van der Waals surface area (Å²) in [5, 5.41) is 3.48. The van der Waals surface area contributed by atoms with E-state index in [1.165, 1.54) is 5.69 Å². The highest BCUT2D eigenvalue weighted by Gasteiger charge is 2.20. The average Bonchev–Trinajstić information content (AvgIpc) is 3.10. The molecule has 0 spiro atoms. The molecule has 0 saturated carbocycles. The summed E-state index contributed by atoms with van der Waals surface area (Å²) in [4.78, 5) is 13.9. The quantitative estimate of drug-likeness (QED) is 0.326. The highest BCUT2D eigenvalue weighted by Crippen LogP contribution is 2.20. The number of methoxy groups -OCH3 is 1. The molecule has 0 atom stereocenters. The topological polar surface area (TPSA) is 57.9 Å². The van der Waals surface area contributed by atoms with Crippen molar-refractivity contribution in [2.75, 3.05) is 45.2 Å². The monoisotopic (exact) mass is 520 g/mol. The summed E-state index contributed by atoms with van der Waals surface area (Å²) in [6.07, 6.45) is 0. The second kappa shape index (κ2) is 10.0. The Balaban J connectivity index is 0.00000256. The Morgan fingerprint density at radius 3 is 2.40 bits per heavy atom. The van der Waals surface area contributed by atoms with Crippen molar-refractivity contribution in [1.82, 2.24) is 19.8 Å². The zero-order chi connectivity index (χ0) is 20.2. The molecule has 4 rings (SSSR count). The number of hydrogen-bond acceptors (Lipinski definition) is 4. The molecule has 7 nitrogen and oxygen atoms in total. The molecule has 160 valence electrons. The Bertz CT molecular complexity index is 993. The third-order valence-electron chi connectivity index (χ3n) is 5.51. The molecule has 0 radical (unpaired) electrons. The van der Waals surface area contributed by atoms with Crippen LogP contribution in [-0.4, -0.2) is 60.7 Å². The van der Waals surface area contributed by atoms with Crippen molar-refractivity contribution in [2.45, 2.75) is 6.54 Å². The van der Waals surface area contributed by atoms with Gasteiger partial charge in [-0.3, -0.25) is 4.99 Å². The number of hydrogen-bond donors (Lipinski definition) is 1. The zero-order valence-electron chi connectivity index (χ0n) is 17.7. The van der Waals surface area contributed by atoms with E-state index in [0.29, 0.717) is 6.54 Å². The number of guanidine groups is 1. The SMILES string of the molecule is CN=C(NCc1nc2ccccc2n1C)N1CCN(c2ccc(OC)cc2)CC1.I. The van der Waals surface area contributed by atoms with Gasteiger partial charge in [0.15, 0.2) is 5.96 Å². The van der Waals surface area contributed by atoms with Gasteiger partial charge < -0.3 is 24.4 Å². The smallest absolute Gasteiger partial charge is 0.194 e.